The van der Waals surface area contributed by atoms with Crippen LogP contribution in [0.2, 0.25) is 0 Å². The van der Waals surface area contributed by atoms with Crippen LogP contribution in [0.25, 0.3) is 0 Å². The van der Waals surface area contributed by atoms with Gasteiger partial charge in [-0.3, -0.25) is 4.21 Å². The van der Waals surface area contributed by atoms with Gasteiger partial charge in [0, 0.05) is 22.3 Å². The minimum atomic E-state index is -0.525. The molecule has 0 heterocycles. The molecular weight excluding hydrogens is 156 g/mol. The van der Waals surface area contributed by atoms with Crippen LogP contribution in [0.15, 0.2) is 0 Å². The summed E-state index contributed by atoms with van der Waals surface area (Å²) in [5, 5.41) is 0. The summed E-state index contributed by atoms with van der Waals surface area (Å²) in [5.74, 6) is 2.59. The summed E-state index contributed by atoms with van der Waals surface area (Å²) in [5.41, 5.74) is 0. The lowest BCUT2D eigenvalue weighted by molar-refractivity contribution is 0.388. The molecule has 0 bridgehead atoms. The SMILES string of the molecule is CCS(=O)CC1CCCCC1. The molecule has 0 aromatic carbocycles. The minimum Gasteiger partial charge on any atom is -0.260 e. The second kappa shape index (κ2) is 4.91. The molecule has 0 saturated heterocycles. The predicted molar refractivity (Wildman–Crippen MR) is 50.1 cm³/mol. The zero-order valence-corrected chi connectivity index (χ0v) is 8.16. The van der Waals surface area contributed by atoms with Gasteiger partial charge in [-0.1, -0.05) is 26.2 Å². The van der Waals surface area contributed by atoms with Gasteiger partial charge in [-0.2, -0.15) is 0 Å². The van der Waals surface area contributed by atoms with E-state index in [-0.39, 0.29) is 0 Å². The normalized spacial score (nSPS) is 23.4. The van der Waals surface area contributed by atoms with Crippen LogP contribution in [0, 0.1) is 5.92 Å². The third kappa shape index (κ3) is 3.37. The van der Waals surface area contributed by atoms with Gasteiger partial charge in [0.1, 0.15) is 0 Å². The topological polar surface area (TPSA) is 17.1 Å². The Kier molecular flexibility index (Phi) is 4.13. The average Bonchev–Trinajstić information content (AvgIpc) is 2.06. The van der Waals surface area contributed by atoms with Crippen LogP contribution in [0.5, 0.6) is 0 Å². The number of hydrogen-bond acceptors (Lipinski definition) is 1. The van der Waals surface area contributed by atoms with Crippen LogP contribution in [-0.4, -0.2) is 15.7 Å². The highest BCUT2D eigenvalue weighted by Crippen LogP contribution is 2.24. The van der Waals surface area contributed by atoms with Crippen molar-refractivity contribution < 1.29 is 4.21 Å². The summed E-state index contributed by atoms with van der Waals surface area (Å²) in [6.45, 7) is 2.01. The van der Waals surface area contributed by atoms with E-state index in [1.54, 1.807) is 0 Å². The molecule has 1 saturated carbocycles. The van der Waals surface area contributed by atoms with E-state index in [9.17, 15) is 4.21 Å². The Morgan fingerprint density at radius 1 is 1.27 bits per heavy atom. The maximum absolute atomic E-state index is 11.2. The molecule has 11 heavy (non-hydrogen) atoms. The molecule has 0 N–H and O–H groups in total. The third-order valence-electron chi connectivity index (χ3n) is 2.47. The maximum atomic E-state index is 11.2. The van der Waals surface area contributed by atoms with Gasteiger partial charge >= 0.3 is 0 Å². The fraction of sp³-hybridized carbons (Fsp3) is 1.00. The zero-order valence-electron chi connectivity index (χ0n) is 7.34. The lowest BCUT2D eigenvalue weighted by Crippen LogP contribution is -2.15. The Hall–Kier alpha value is 0.150. The van der Waals surface area contributed by atoms with Crippen molar-refractivity contribution in [3.8, 4) is 0 Å². The van der Waals surface area contributed by atoms with E-state index >= 15 is 0 Å². The monoisotopic (exact) mass is 174 g/mol. The van der Waals surface area contributed by atoms with E-state index < -0.39 is 10.8 Å². The first-order valence-electron chi connectivity index (χ1n) is 4.68. The summed E-state index contributed by atoms with van der Waals surface area (Å²) in [6.07, 6.45) is 6.78. The van der Waals surface area contributed by atoms with Gasteiger partial charge < -0.3 is 0 Å². The van der Waals surface area contributed by atoms with E-state index in [2.05, 4.69) is 0 Å². The molecule has 1 nitrogen and oxygen atoms in total. The number of rotatable bonds is 3. The molecule has 1 atom stereocenters. The van der Waals surface area contributed by atoms with Crippen molar-refractivity contribution in [2.45, 2.75) is 39.0 Å². The van der Waals surface area contributed by atoms with Crippen LogP contribution in [0.1, 0.15) is 39.0 Å². The van der Waals surface area contributed by atoms with Gasteiger partial charge in [0.2, 0.25) is 0 Å². The van der Waals surface area contributed by atoms with Crippen LogP contribution in [0.3, 0.4) is 0 Å². The zero-order chi connectivity index (χ0) is 8.10. The van der Waals surface area contributed by atoms with E-state index in [4.69, 9.17) is 0 Å². The van der Waals surface area contributed by atoms with Gasteiger partial charge in [0.05, 0.1) is 0 Å². The van der Waals surface area contributed by atoms with Crippen molar-refractivity contribution in [1.82, 2.24) is 0 Å². The van der Waals surface area contributed by atoms with Gasteiger partial charge in [0.25, 0.3) is 0 Å². The summed E-state index contributed by atoms with van der Waals surface area (Å²) in [6, 6.07) is 0. The molecule has 2 heteroatoms. The van der Waals surface area contributed by atoms with Gasteiger partial charge in [-0.15, -0.1) is 0 Å². The third-order valence-corrected chi connectivity index (χ3v) is 3.96. The van der Waals surface area contributed by atoms with Crippen LogP contribution >= 0.6 is 0 Å². The fourth-order valence-electron chi connectivity index (χ4n) is 1.73. The maximum Gasteiger partial charge on any atom is 0.0263 e. The molecule has 1 aliphatic rings. The number of hydrogen-bond donors (Lipinski definition) is 0. The molecule has 0 aliphatic heterocycles. The Labute approximate surface area is 72.0 Å². The molecule has 66 valence electrons. The van der Waals surface area contributed by atoms with Crippen molar-refractivity contribution in [2.24, 2.45) is 5.92 Å². The summed E-state index contributed by atoms with van der Waals surface area (Å²) < 4.78 is 11.2. The lowest BCUT2D eigenvalue weighted by atomic mass is 9.91. The predicted octanol–water partition coefficient (Wildman–Crippen LogP) is 2.34. The second-order valence-electron chi connectivity index (χ2n) is 3.40. The van der Waals surface area contributed by atoms with Gasteiger partial charge in [-0.05, 0) is 18.8 Å². The smallest absolute Gasteiger partial charge is 0.0263 e. The minimum absolute atomic E-state index is 0.525. The van der Waals surface area contributed by atoms with E-state index in [0.717, 1.165) is 17.4 Å². The Balaban J connectivity index is 2.19. The Morgan fingerprint density at radius 3 is 2.45 bits per heavy atom. The Morgan fingerprint density at radius 2 is 1.91 bits per heavy atom. The lowest BCUT2D eigenvalue weighted by Gasteiger charge is -2.20. The average molecular weight is 174 g/mol. The van der Waals surface area contributed by atoms with Crippen LogP contribution in [0.4, 0.5) is 0 Å². The highest BCUT2D eigenvalue weighted by Gasteiger charge is 2.14. The second-order valence-corrected chi connectivity index (χ2v) is 5.19. The summed E-state index contributed by atoms with van der Waals surface area (Å²) in [4.78, 5) is 0. The molecule has 1 fully saturated rings. The van der Waals surface area contributed by atoms with Gasteiger partial charge in [0.15, 0.2) is 0 Å². The van der Waals surface area contributed by atoms with E-state index in [1.165, 1.54) is 32.1 Å². The fourth-order valence-corrected chi connectivity index (χ4v) is 2.83. The molecule has 0 spiro atoms. The van der Waals surface area contributed by atoms with Crippen molar-refractivity contribution >= 4 is 10.8 Å². The molecule has 0 radical (unpaired) electrons. The molecule has 0 aromatic rings. The molecular formula is C9H18OS. The first-order chi connectivity index (χ1) is 5.33. The molecule has 1 rings (SSSR count). The van der Waals surface area contributed by atoms with E-state index in [0.29, 0.717) is 0 Å². The first kappa shape index (κ1) is 9.24. The standard InChI is InChI=1S/C9H18OS/c1-2-11(10)8-9-6-4-3-5-7-9/h9H,2-8H2,1H3. The molecule has 0 aromatic heterocycles. The van der Waals surface area contributed by atoms with Crippen LogP contribution in [-0.2, 0) is 10.8 Å². The van der Waals surface area contributed by atoms with Crippen molar-refractivity contribution in [2.75, 3.05) is 11.5 Å². The molecule has 1 unspecified atom stereocenters. The molecule has 1 aliphatic carbocycles. The summed E-state index contributed by atoms with van der Waals surface area (Å²) in [7, 11) is -0.525. The quantitative estimate of drug-likeness (QED) is 0.642. The van der Waals surface area contributed by atoms with Gasteiger partial charge in [-0.25, -0.2) is 0 Å². The highest BCUT2D eigenvalue weighted by atomic mass is 32.2. The van der Waals surface area contributed by atoms with Crippen LogP contribution < -0.4 is 0 Å². The van der Waals surface area contributed by atoms with Crippen molar-refractivity contribution in [3.63, 3.8) is 0 Å². The van der Waals surface area contributed by atoms with E-state index in [1.807, 2.05) is 6.92 Å². The summed E-state index contributed by atoms with van der Waals surface area (Å²) >= 11 is 0. The highest BCUT2D eigenvalue weighted by molar-refractivity contribution is 7.84. The molecule has 0 amide bonds. The van der Waals surface area contributed by atoms with Crippen molar-refractivity contribution in [1.29, 1.82) is 0 Å². The van der Waals surface area contributed by atoms with Crippen molar-refractivity contribution in [3.05, 3.63) is 0 Å². The first-order valence-corrected chi connectivity index (χ1v) is 6.16. The Bertz CT molecular complexity index is 128. The largest absolute Gasteiger partial charge is 0.260 e.